The molecule has 0 atom stereocenters. The Morgan fingerprint density at radius 1 is 1.05 bits per heavy atom. The molecule has 0 amide bonds. The third-order valence-corrected chi connectivity index (χ3v) is 3.23. The first kappa shape index (κ1) is 15.5. The van der Waals surface area contributed by atoms with E-state index in [0.29, 0.717) is 24.8 Å². The molecule has 1 aromatic carbocycles. The number of hydrogen-bond acceptors (Lipinski definition) is 1. The number of aromatic nitrogens is 1. The number of pyridine rings is 1. The highest BCUT2D eigenvalue weighted by Crippen LogP contribution is 2.27. The molecule has 0 aliphatic heterocycles. The summed E-state index contributed by atoms with van der Waals surface area (Å²) in [6, 6.07) is 7.33. The lowest BCUT2D eigenvalue weighted by Crippen LogP contribution is -2.07. The molecule has 0 N–H and O–H groups in total. The van der Waals surface area contributed by atoms with E-state index in [4.69, 9.17) is 0 Å². The van der Waals surface area contributed by atoms with Gasteiger partial charge in [-0.15, -0.1) is 0 Å². The number of aryl methyl sites for hydroxylation is 3. The van der Waals surface area contributed by atoms with E-state index >= 15 is 0 Å². The predicted molar refractivity (Wildman–Crippen MR) is 72.4 cm³/mol. The van der Waals surface area contributed by atoms with E-state index < -0.39 is 11.9 Å². The molecule has 2 rings (SSSR count). The van der Waals surface area contributed by atoms with Gasteiger partial charge in [-0.1, -0.05) is 23.8 Å². The van der Waals surface area contributed by atoms with Crippen LogP contribution in [0.3, 0.4) is 0 Å². The molecule has 21 heavy (non-hydrogen) atoms. The van der Waals surface area contributed by atoms with Gasteiger partial charge in [-0.25, -0.2) is 4.39 Å². The molecule has 0 saturated carbocycles. The lowest BCUT2D eigenvalue weighted by Gasteiger charge is -2.07. The van der Waals surface area contributed by atoms with E-state index in [1.165, 1.54) is 18.3 Å². The van der Waals surface area contributed by atoms with Crippen LogP contribution in [0, 0.1) is 12.7 Å². The number of rotatable bonds is 4. The highest BCUT2D eigenvalue weighted by Gasteiger charge is 2.31. The number of alkyl halides is 3. The van der Waals surface area contributed by atoms with Crippen molar-refractivity contribution in [2.45, 2.75) is 32.4 Å². The molecule has 0 fully saturated rings. The monoisotopic (exact) mass is 297 g/mol. The first-order chi connectivity index (χ1) is 9.86. The van der Waals surface area contributed by atoms with E-state index in [1.807, 2.05) is 6.92 Å². The highest BCUT2D eigenvalue weighted by atomic mass is 19.4. The van der Waals surface area contributed by atoms with Crippen LogP contribution in [0.1, 0.15) is 28.8 Å². The second-order valence-corrected chi connectivity index (χ2v) is 5.00. The highest BCUT2D eigenvalue weighted by molar-refractivity contribution is 5.24. The number of hydrogen-bond donors (Lipinski definition) is 0. The minimum Gasteiger partial charge on any atom is -0.252 e. The zero-order valence-electron chi connectivity index (χ0n) is 11.5. The molecule has 0 aliphatic carbocycles. The van der Waals surface area contributed by atoms with Gasteiger partial charge in [-0.05, 0) is 49.4 Å². The number of nitrogens with zero attached hydrogens (tertiary/aromatic N) is 1. The summed E-state index contributed by atoms with van der Waals surface area (Å²) in [5.74, 6) is -0.244. The quantitative estimate of drug-likeness (QED) is 0.744. The molecule has 0 radical (unpaired) electrons. The molecule has 1 nitrogen and oxygen atoms in total. The smallest absolute Gasteiger partial charge is 0.252 e. The Hall–Kier alpha value is -1.91. The van der Waals surface area contributed by atoms with Gasteiger partial charge in [0.15, 0.2) is 0 Å². The van der Waals surface area contributed by atoms with Gasteiger partial charge in [0, 0.05) is 6.20 Å². The van der Waals surface area contributed by atoms with Crippen LogP contribution in [-0.2, 0) is 19.0 Å². The first-order valence-electron chi connectivity index (χ1n) is 6.63. The Bertz CT molecular complexity index is 603. The Labute approximate surface area is 120 Å². The standard InChI is InChI=1S/C16H15F4N/c1-11-5-7-14(17)13(9-11)4-2-3-12-6-8-15(21-10-12)16(18,19)20/h5-10H,2-4H2,1H3. The summed E-state index contributed by atoms with van der Waals surface area (Å²) < 4.78 is 50.7. The van der Waals surface area contributed by atoms with Crippen LogP contribution in [0.4, 0.5) is 17.6 Å². The molecule has 112 valence electrons. The molecule has 0 saturated heterocycles. The van der Waals surface area contributed by atoms with Crippen LogP contribution in [0.15, 0.2) is 36.5 Å². The lowest BCUT2D eigenvalue weighted by atomic mass is 10.0. The van der Waals surface area contributed by atoms with Crippen LogP contribution in [0.5, 0.6) is 0 Å². The normalized spacial score (nSPS) is 11.7. The molecule has 0 spiro atoms. The second kappa shape index (κ2) is 6.24. The average Bonchev–Trinajstić information content (AvgIpc) is 2.42. The summed E-state index contributed by atoms with van der Waals surface area (Å²) in [7, 11) is 0. The van der Waals surface area contributed by atoms with Crippen LogP contribution >= 0.6 is 0 Å². The Morgan fingerprint density at radius 2 is 1.81 bits per heavy atom. The van der Waals surface area contributed by atoms with Crippen molar-refractivity contribution in [3.8, 4) is 0 Å². The fourth-order valence-electron chi connectivity index (χ4n) is 2.12. The molecule has 1 heterocycles. The van der Waals surface area contributed by atoms with Gasteiger partial charge in [-0.3, -0.25) is 4.98 Å². The maximum atomic E-state index is 13.5. The van der Waals surface area contributed by atoms with Crippen molar-refractivity contribution in [3.05, 3.63) is 64.7 Å². The van der Waals surface area contributed by atoms with Gasteiger partial charge >= 0.3 is 6.18 Å². The minimum absolute atomic E-state index is 0.244. The van der Waals surface area contributed by atoms with Gasteiger partial charge in [0.2, 0.25) is 0 Å². The van der Waals surface area contributed by atoms with Gasteiger partial charge in [0.05, 0.1) is 0 Å². The van der Waals surface area contributed by atoms with E-state index in [1.54, 1.807) is 12.1 Å². The zero-order valence-corrected chi connectivity index (χ0v) is 11.5. The summed E-state index contributed by atoms with van der Waals surface area (Å²) in [6.45, 7) is 1.89. The molecule has 1 aromatic heterocycles. The minimum atomic E-state index is -4.41. The maximum Gasteiger partial charge on any atom is 0.433 e. The third kappa shape index (κ3) is 4.28. The topological polar surface area (TPSA) is 12.9 Å². The Kier molecular flexibility index (Phi) is 4.60. The average molecular weight is 297 g/mol. The van der Waals surface area contributed by atoms with Crippen molar-refractivity contribution in [1.29, 1.82) is 0 Å². The zero-order chi connectivity index (χ0) is 15.5. The summed E-state index contributed by atoms with van der Waals surface area (Å²) in [5.41, 5.74) is 1.45. The van der Waals surface area contributed by atoms with Crippen molar-refractivity contribution in [3.63, 3.8) is 0 Å². The molecule has 5 heteroatoms. The van der Waals surface area contributed by atoms with E-state index in [0.717, 1.165) is 17.2 Å². The molecule has 0 unspecified atom stereocenters. The predicted octanol–water partition coefficient (Wildman–Crippen LogP) is 4.72. The summed E-state index contributed by atoms with van der Waals surface area (Å²) in [6.07, 6.45) is -1.40. The summed E-state index contributed by atoms with van der Waals surface area (Å²) >= 11 is 0. The molecule has 0 bridgehead atoms. The van der Waals surface area contributed by atoms with Crippen LogP contribution in [0.2, 0.25) is 0 Å². The molecule has 2 aromatic rings. The van der Waals surface area contributed by atoms with Crippen molar-refractivity contribution >= 4 is 0 Å². The van der Waals surface area contributed by atoms with Crippen LogP contribution in [0.25, 0.3) is 0 Å². The van der Waals surface area contributed by atoms with Crippen molar-refractivity contribution in [1.82, 2.24) is 4.98 Å². The summed E-state index contributed by atoms with van der Waals surface area (Å²) in [4.78, 5) is 3.41. The Balaban J connectivity index is 1.93. The second-order valence-electron chi connectivity index (χ2n) is 5.00. The van der Waals surface area contributed by atoms with Gasteiger partial charge < -0.3 is 0 Å². The first-order valence-corrected chi connectivity index (χ1v) is 6.63. The van der Waals surface area contributed by atoms with Gasteiger partial charge in [-0.2, -0.15) is 13.2 Å². The summed E-state index contributed by atoms with van der Waals surface area (Å²) in [5, 5.41) is 0. The van der Waals surface area contributed by atoms with Gasteiger partial charge in [0.1, 0.15) is 11.5 Å². The fraction of sp³-hybridized carbons (Fsp3) is 0.312. The van der Waals surface area contributed by atoms with E-state index in [2.05, 4.69) is 4.98 Å². The molecular formula is C16H15F4N. The fourth-order valence-corrected chi connectivity index (χ4v) is 2.12. The van der Waals surface area contributed by atoms with Crippen molar-refractivity contribution < 1.29 is 17.6 Å². The number of halogens is 4. The largest absolute Gasteiger partial charge is 0.433 e. The van der Waals surface area contributed by atoms with Crippen molar-refractivity contribution in [2.24, 2.45) is 0 Å². The number of benzene rings is 1. The maximum absolute atomic E-state index is 13.5. The lowest BCUT2D eigenvalue weighted by molar-refractivity contribution is -0.141. The molecular weight excluding hydrogens is 282 g/mol. The third-order valence-electron chi connectivity index (χ3n) is 3.23. The van der Waals surface area contributed by atoms with Crippen LogP contribution in [-0.4, -0.2) is 4.98 Å². The van der Waals surface area contributed by atoms with E-state index in [9.17, 15) is 17.6 Å². The van der Waals surface area contributed by atoms with Crippen molar-refractivity contribution in [2.75, 3.05) is 0 Å². The Morgan fingerprint density at radius 3 is 2.43 bits per heavy atom. The van der Waals surface area contributed by atoms with Gasteiger partial charge in [0.25, 0.3) is 0 Å². The van der Waals surface area contributed by atoms with Crippen LogP contribution < -0.4 is 0 Å². The van der Waals surface area contributed by atoms with E-state index in [-0.39, 0.29) is 5.82 Å². The SMILES string of the molecule is Cc1ccc(F)c(CCCc2ccc(C(F)(F)F)nc2)c1. The molecule has 0 aliphatic rings.